The summed E-state index contributed by atoms with van der Waals surface area (Å²) in [6.45, 7) is 0.368. The van der Waals surface area contributed by atoms with Gasteiger partial charge in [0.2, 0.25) is 0 Å². The Bertz CT molecular complexity index is 741. The number of nitrogens with two attached hydrogens (primary N) is 1. The molecule has 4 nitrogen and oxygen atoms in total. The van der Waals surface area contributed by atoms with Crippen molar-refractivity contribution in [3.8, 4) is 5.75 Å². The molecule has 0 bridgehead atoms. The van der Waals surface area contributed by atoms with Crippen LogP contribution in [0.1, 0.15) is 11.5 Å². The van der Waals surface area contributed by atoms with Crippen molar-refractivity contribution >= 4 is 9.84 Å². The lowest BCUT2D eigenvalue weighted by molar-refractivity contribution is 0.414. The fourth-order valence-electron chi connectivity index (χ4n) is 3.08. The van der Waals surface area contributed by atoms with Crippen LogP contribution in [0.15, 0.2) is 59.5 Å². The van der Waals surface area contributed by atoms with Gasteiger partial charge in [-0.1, -0.05) is 30.3 Å². The molecule has 1 aliphatic rings. The number of hydrogen-bond acceptors (Lipinski definition) is 4. The fourth-order valence-corrected chi connectivity index (χ4v) is 5.32. The summed E-state index contributed by atoms with van der Waals surface area (Å²) < 4.78 is 30.7. The van der Waals surface area contributed by atoms with Crippen LogP contribution < -0.4 is 10.5 Å². The lowest BCUT2D eigenvalue weighted by atomic mass is 10.1. The van der Waals surface area contributed by atoms with Crippen molar-refractivity contribution in [1.29, 1.82) is 0 Å². The number of hydrogen-bond donors (Lipinski definition) is 1. The van der Waals surface area contributed by atoms with E-state index in [1.54, 1.807) is 31.4 Å². The molecule has 0 saturated heterocycles. The molecule has 3 atom stereocenters. The number of sulfone groups is 1. The molecule has 1 fully saturated rings. The maximum absolute atomic E-state index is 12.8. The summed E-state index contributed by atoms with van der Waals surface area (Å²) in [5.74, 6) is 0.691. The average Bonchev–Trinajstić information content (AvgIpc) is 3.31. The molecular formula is C17H19NO3S. The summed E-state index contributed by atoms with van der Waals surface area (Å²) in [4.78, 5) is 0.370. The summed E-state index contributed by atoms with van der Waals surface area (Å²) in [6, 6.07) is 16.1. The van der Waals surface area contributed by atoms with Crippen LogP contribution >= 0.6 is 0 Å². The van der Waals surface area contributed by atoms with E-state index >= 15 is 0 Å². The van der Waals surface area contributed by atoms with Gasteiger partial charge in [0.15, 0.2) is 9.84 Å². The normalized spacial score (nSPS) is 24.0. The summed E-state index contributed by atoms with van der Waals surface area (Å²) in [7, 11) is -1.74. The third-order valence-corrected chi connectivity index (χ3v) is 6.59. The molecule has 5 heteroatoms. The van der Waals surface area contributed by atoms with E-state index in [1.807, 2.05) is 30.3 Å². The molecular weight excluding hydrogens is 298 g/mol. The molecule has 3 rings (SSSR count). The molecule has 0 amide bonds. The van der Waals surface area contributed by atoms with Gasteiger partial charge in [0.05, 0.1) is 17.3 Å². The van der Waals surface area contributed by atoms with Crippen molar-refractivity contribution < 1.29 is 13.2 Å². The third-order valence-electron chi connectivity index (χ3n) is 4.30. The second kappa shape index (κ2) is 5.74. The molecule has 0 spiro atoms. The van der Waals surface area contributed by atoms with E-state index in [9.17, 15) is 8.42 Å². The highest BCUT2D eigenvalue weighted by Gasteiger charge is 2.57. The molecule has 0 aromatic heterocycles. The largest absolute Gasteiger partial charge is 0.497 e. The maximum Gasteiger partial charge on any atom is 0.182 e. The Morgan fingerprint density at radius 1 is 1.05 bits per heavy atom. The first-order valence-corrected chi connectivity index (χ1v) is 8.77. The maximum atomic E-state index is 12.8. The minimum atomic E-state index is -3.35. The molecule has 22 heavy (non-hydrogen) atoms. The molecule has 0 radical (unpaired) electrons. The van der Waals surface area contributed by atoms with Crippen LogP contribution in [0.2, 0.25) is 0 Å². The SMILES string of the molecule is COc1ccc([C@@H]2[C@H](CN)[C@H]2S(=O)(=O)c2ccccc2)cc1. The van der Waals surface area contributed by atoms with Crippen LogP contribution in [0.5, 0.6) is 5.75 Å². The van der Waals surface area contributed by atoms with Gasteiger partial charge in [0, 0.05) is 5.92 Å². The highest BCUT2D eigenvalue weighted by molar-refractivity contribution is 7.92. The Morgan fingerprint density at radius 2 is 1.68 bits per heavy atom. The monoisotopic (exact) mass is 317 g/mol. The van der Waals surface area contributed by atoms with Crippen LogP contribution in [0, 0.1) is 5.92 Å². The second-order valence-electron chi connectivity index (χ2n) is 5.52. The quantitative estimate of drug-likeness (QED) is 0.918. The van der Waals surface area contributed by atoms with Gasteiger partial charge in [-0.3, -0.25) is 0 Å². The molecule has 1 saturated carbocycles. The van der Waals surface area contributed by atoms with Crippen molar-refractivity contribution in [2.75, 3.05) is 13.7 Å². The van der Waals surface area contributed by atoms with Crippen molar-refractivity contribution in [3.05, 3.63) is 60.2 Å². The lowest BCUT2D eigenvalue weighted by Crippen LogP contribution is -2.13. The molecule has 0 heterocycles. The first kappa shape index (κ1) is 15.1. The lowest BCUT2D eigenvalue weighted by Gasteiger charge is -2.05. The van der Waals surface area contributed by atoms with Crippen molar-refractivity contribution in [1.82, 2.24) is 0 Å². The zero-order valence-corrected chi connectivity index (χ0v) is 13.2. The molecule has 2 aromatic carbocycles. The van der Waals surface area contributed by atoms with Gasteiger partial charge in [-0.25, -0.2) is 8.42 Å². The van der Waals surface area contributed by atoms with Gasteiger partial charge in [-0.2, -0.15) is 0 Å². The van der Waals surface area contributed by atoms with Gasteiger partial charge in [-0.05, 0) is 42.3 Å². The topological polar surface area (TPSA) is 69.4 Å². The Labute approximate surface area is 130 Å². The number of benzene rings is 2. The molecule has 2 aromatic rings. The molecule has 0 aliphatic heterocycles. The van der Waals surface area contributed by atoms with Crippen LogP contribution in [0.3, 0.4) is 0 Å². The van der Waals surface area contributed by atoms with E-state index in [2.05, 4.69) is 0 Å². The summed E-state index contributed by atoms with van der Waals surface area (Å²) in [5.41, 5.74) is 6.79. The van der Waals surface area contributed by atoms with Gasteiger partial charge in [-0.15, -0.1) is 0 Å². The fraction of sp³-hybridized carbons (Fsp3) is 0.294. The molecule has 2 N–H and O–H groups in total. The second-order valence-corrected chi connectivity index (χ2v) is 7.63. The van der Waals surface area contributed by atoms with Gasteiger partial charge >= 0.3 is 0 Å². The zero-order valence-electron chi connectivity index (χ0n) is 12.3. The van der Waals surface area contributed by atoms with E-state index in [1.165, 1.54) is 0 Å². The van der Waals surface area contributed by atoms with E-state index < -0.39 is 15.1 Å². The van der Waals surface area contributed by atoms with Gasteiger partial charge < -0.3 is 10.5 Å². The highest BCUT2D eigenvalue weighted by Crippen LogP contribution is 2.53. The average molecular weight is 317 g/mol. The molecule has 0 unspecified atom stereocenters. The van der Waals surface area contributed by atoms with Crippen LogP contribution in [0.25, 0.3) is 0 Å². The summed E-state index contributed by atoms with van der Waals surface area (Å²) >= 11 is 0. The first-order chi connectivity index (χ1) is 10.6. The van der Waals surface area contributed by atoms with Crippen molar-refractivity contribution in [2.45, 2.75) is 16.1 Å². The van der Waals surface area contributed by atoms with Crippen molar-refractivity contribution in [2.24, 2.45) is 11.7 Å². The van der Waals surface area contributed by atoms with Gasteiger partial charge in [0.1, 0.15) is 5.75 Å². The van der Waals surface area contributed by atoms with E-state index in [-0.39, 0.29) is 11.8 Å². The van der Waals surface area contributed by atoms with E-state index in [0.29, 0.717) is 11.4 Å². The van der Waals surface area contributed by atoms with E-state index in [4.69, 9.17) is 10.5 Å². The Hall–Kier alpha value is -1.85. The Balaban J connectivity index is 1.91. The Morgan fingerprint density at radius 3 is 2.23 bits per heavy atom. The van der Waals surface area contributed by atoms with Crippen molar-refractivity contribution in [3.63, 3.8) is 0 Å². The minimum absolute atomic E-state index is 0.0291. The molecule has 1 aliphatic carbocycles. The van der Waals surface area contributed by atoms with Crippen LogP contribution in [-0.2, 0) is 9.84 Å². The first-order valence-electron chi connectivity index (χ1n) is 7.22. The summed E-state index contributed by atoms with van der Waals surface area (Å²) in [6.07, 6.45) is 0. The molecule has 116 valence electrons. The van der Waals surface area contributed by atoms with Gasteiger partial charge in [0.25, 0.3) is 0 Å². The highest BCUT2D eigenvalue weighted by atomic mass is 32.2. The number of methoxy groups -OCH3 is 1. The number of ether oxygens (including phenoxy) is 1. The standard InChI is InChI=1S/C17H19NO3S/c1-21-13-9-7-12(8-10-13)16-15(11-18)17(16)22(19,20)14-5-3-2-4-6-14/h2-10,15-17H,11,18H2,1H3/t15-,16+,17+/m0/s1. The third kappa shape index (κ3) is 2.51. The Kier molecular flexibility index (Phi) is 3.93. The van der Waals surface area contributed by atoms with Crippen LogP contribution in [-0.4, -0.2) is 27.3 Å². The smallest absolute Gasteiger partial charge is 0.182 e. The van der Waals surface area contributed by atoms with E-state index in [0.717, 1.165) is 11.3 Å². The zero-order chi connectivity index (χ0) is 15.7. The minimum Gasteiger partial charge on any atom is -0.497 e. The number of rotatable bonds is 5. The van der Waals surface area contributed by atoms with Crippen LogP contribution in [0.4, 0.5) is 0 Å². The predicted molar refractivity (Wildman–Crippen MR) is 85.7 cm³/mol. The summed E-state index contributed by atoms with van der Waals surface area (Å²) in [5, 5.41) is -0.437. The predicted octanol–water partition coefficient (Wildman–Crippen LogP) is 2.21.